The average molecular weight is 313 g/mol. The molecule has 4 nitrogen and oxygen atoms in total. The molecule has 0 unspecified atom stereocenters. The molecule has 0 radical (unpaired) electrons. The maximum Gasteiger partial charge on any atom is 0.261 e. The van der Waals surface area contributed by atoms with Crippen molar-refractivity contribution in [1.82, 2.24) is 5.32 Å². The van der Waals surface area contributed by atoms with Gasteiger partial charge in [0, 0.05) is 6.54 Å². The number of amides is 1. The van der Waals surface area contributed by atoms with E-state index in [4.69, 9.17) is 9.47 Å². The molecule has 23 heavy (non-hydrogen) atoms. The molecule has 0 saturated heterocycles. The van der Waals surface area contributed by atoms with Crippen molar-refractivity contribution in [2.45, 2.75) is 32.9 Å². The molecule has 0 spiro atoms. The predicted molar refractivity (Wildman–Crippen MR) is 90.7 cm³/mol. The number of methoxy groups -OCH3 is 1. The van der Waals surface area contributed by atoms with Crippen LogP contribution in [0.3, 0.4) is 0 Å². The van der Waals surface area contributed by atoms with Crippen LogP contribution in [0.2, 0.25) is 0 Å². The SMILES string of the molecule is CC[C@@H](Oc1ccccc1C)C(=O)NCc1ccc(OC)cc1. The van der Waals surface area contributed by atoms with Gasteiger partial charge in [0.05, 0.1) is 7.11 Å². The standard InChI is InChI=1S/C19H23NO3/c1-4-17(23-18-8-6-5-7-14(18)2)19(21)20-13-15-9-11-16(22-3)12-10-15/h5-12,17H,4,13H2,1-3H3,(H,20,21)/t17-/m1/s1. The number of nitrogens with one attached hydrogen (secondary N) is 1. The first-order valence-corrected chi connectivity index (χ1v) is 7.77. The van der Waals surface area contributed by atoms with E-state index in [1.807, 2.05) is 62.4 Å². The molecule has 0 heterocycles. The third kappa shape index (κ3) is 4.74. The van der Waals surface area contributed by atoms with Crippen molar-refractivity contribution in [2.75, 3.05) is 7.11 Å². The third-order valence-electron chi connectivity index (χ3n) is 3.65. The molecule has 1 atom stereocenters. The molecule has 2 rings (SSSR count). The number of carbonyl (C=O) groups is 1. The van der Waals surface area contributed by atoms with E-state index in [1.54, 1.807) is 7.11 Å². The molecular formula is C19H23NO3. The highest BCUT2D eigenvalue weighted by molar-refractivity contribution is 5.81. The van der Waals surface area contributed by atoms with Gasteiger partial charge in [-0.15, -0.1) is 0 Å². The molecule has 0 bridgehead atoms. The molecule has 0 saturated carbocycles. The molecule has 0 aromatic heterocycles. The lowest BCUT2D eigenvalue weighted by molar-refractivity contribution is -0.128. The second-order valence-corrected chi connectivity index (χ2v) is 5.35. The molecule has 4 heteroatoms. The summed E-state index contributed by atoms with van der Waals surface area (Å²) in [7, 11) is 1.63. The zero-order valence-electron chi connectivity index (χ0n) is 13.8. The van der Waals surface area contributed by atoms with E-state index in [2.05, 4.69) is 5.32 Å². The molecule has 0 fully saturated rings. The van der Waals surface area contributed by atoms with Crippen LogP contribution in [0, 0.1) is 6.92 Å². The van der Waals surface area contributed by atoms with Gasteiger partial charge in [-0.1, -0.05) is 37.3 Å². The summed E-state index contributed by atoms with van der Waals surface area (Å²) in [5.74, 6) is 1.44. The number of carbonyl (C=O) groups excluding carboxylic acids is 1. The minimum absolute atomic E-state index is 0.105. The van der Waals surface area contributed by atoms with Gasteiger partial charge in [-0.05, 0) is 42.7 Å². The Morgan fingerprint density at radius 3 is 2.43 bits per heavy atom. The normalized spacial score (nSPS) is 11.6. The van der Waals surface area contributed by atoms with Crippen LogP contribution in [-0.4, -0.2) is 19.1 Å². The van der Waals surface area contributed by atoms with Crippen LogP contribution in [-0.2, 0) is 11.3 Å². The lowest BCUT2D eigenvalue weighted by atomic mass is 10.2. The lowest BCUT2D eigenvalue weighted by Gasteiger charge is -2.18. The van der Waals surface area contributed by atoms with Gasteiger partial charge in [0.1, 0.15) is 11.5 Å². The highest BCUT2D eigenvalue weighted by Gasteiger charge is 2.18. The topological polar surface area (TPSA) is 47.6 Å². The van der Waals surface area contributed by atoms with Crippen LogP contribution in [0.1, 0.15) is 24.5 Å². The minimum Gasteiger partial charge on any atom is -0.497 e. The van der Waals surface area contributed by atoms with E-state index in [0.29, 0.717) is 13.0 Å². The van der Waals surface area contributed by atoms with Gasteiger partial charge in [-0.3, -0.25) is 4.79 Å². The summed E-state index contributed by atoms with van der Waals surface area (Å²) >= 11 is 0. The van der Waals surface area contributed by atoms with E-state index in [1.165, 1.54) is 0 Å². The number of hydrogen-bond donors (Lipinski definition) is 1. The van der Waals surface area contributed by atoms with Crippen molar-refractivity contribution < 1.29 is 14.3 Å². The highest BCUT2D eigenvalue weighted by Crippen LogP contribution is 2.19. The summed E-state index contributed by atoms with van der Waals surface area (Å²) in [6, 6.07) is 15.3. The smallest absolute Gasteiger partial charge is 0.261 e. The first-order chi connectivity index (χ1) is 11.1. The fraction of sp³-hybridized carbons (Fsp3) is 0.316. The molecule has 2 aromatic rings. The Bertz CT molecular complexity index is 637. The van der Waals surface area contributed by atoms with Crippen molar-refractivity contribution in [3.8, 4) is 11.5 Å². The van der Waals surface area contributed by atoms with Crippen LogP contribution >= 0.6 is 0 Å². The van der Waals surface area contributed by atoms with E-state index in [-0.39, 0.29) is 5.91 Å². The lowest BCUT2D eigenvalue weighted by Crippen LogP contribution is -2.37. The van der Waals surface area contributed by atoms with Gasteiger partial charge in [0.2, 0.25) is 0 Å². The summed E-state index contributed by atoms with van der Waals surface area (Å²) in [4.78, 5) is 12.3. The Balaban J connectivity index is 1.93. The number of benzene rings is 2. The third-order valence-corrected chi connectivity index (χ3v) is 3.65. The molecular weight excluding hydrogens is 290 g/mol. The van der Waals surface area contributed by atoms with Crippen LogP contribution in [0.5, 0.6) is 11.5 Å². The summed E-state index contributed by atoms with van der Waals surface area (Å²) in [5, 5.41) is 2.92. The quantitative estimate of drug-likeness (QED) is 0.851. The van der Waals surface area contributed by atoms with Gasteiger partial charge in [0.15, 0.2) is 6.10 Å². The van der Waals surface area contributed by atoms with Crippen molar-refractivity contribution in [3.63, 3.8) is 0 Å². The van der Waals surface area contributed by atoms with E-state index < -0.39 is 6.10 Å². The maximum atomic E-state index is 12.3. The molecule has 1 N–H and O–H groups in total. The Morgan fingerprint density at radius 2 is 1.83 bits per heavy atom. The van der Waals surface area contributed by atoms with Gasteiger partial charge >= 0.3 is 0 Å². The number of ether oxygens (including phenoxy) is 2. The Morgan fingerprint density at radius 1 is 1.13 bits per heavy atom. The summed E-state index contributed by atoms with van der Waals surface area (Å²) in [5.41, 5.74) is 2.04. The van der Waals surface area contributed by atoms with Crippen LogP contribution in [0.25, 0.3) is 0 Å². The molecule has 0 aliphatic heterocycles. The Kier molecular flexibility index (Phi) is 6.03. The van der Waals surface area contributed by atoms with Gasteiger partial charge in [-0.25, -0.2) is 0 Å². The van der Waals surface area contributed by atoms with Crippen LogP contribution < -0.4 is 14.8 Å². The molecule has 2 aromatic carbocycles. The van der Waals surface area contributed by atoms with Gasteiger partial charge in [-0.2, -0.15) is 0 Å². The highest BCUT2D eigenvalue weighted by atomic mass is 16.5. The monoisotopic (exact) mass is 313 g/mol. The van der Waals surface area contributed by atoms with E-state index in [0.717, 1.165) is 22.6 Å². The number of para-hydroxylation sites is 1. The fourth-order valence-electron chi connectivity index (χ4n) is 2.21. The van der Waals surface area contributed by atoms with E-state index >= 15 is 0 Å². The van der Waals surface area contributed by atoms with Crippen LogP contribution in [0.4, 0.5) is 0 Å². The van der Waals surface area contributed by atoms with Gasteiger partial charge in [0.25, 0.3) is 5.91 Å². The second kappa shape index (κ2) is 8.22. The van der Waals surface area contributed by atoms with E-state index in [9.17, 15) is 4.79 Å². The first-order valence-electron chi connectivity index (χ1n) is 7.77. The largest absolute Gasteiger partial charge is 0.497 e. The molecule has 0 aliphatic carbocycles. The summed E-state index contributed by atoms with van der Waals surface area (Å²) < 4.78 is 11.0. The predicted octanol–water partition coefficient (Wildman–Crippen LogP) is 3.48. The van der Waals surface area contributed by atoms with Gasteiger partial charge < -0.3 is 14.8 Å². The molecule has 0 aliphatic rings. The molecule has 122 valence electrons. The maximum absolute atomic E-state index is 12.3. The first kappa shape index (κ1) is 16.9. The fourth-order valence-corrected chi connectivity index (χ4v) is 2.21. The average Bonchev–Trinajstić information content (AvgIpc) is 2.59. The van der Waals surface area contributed by atoms with Crippen molar-refractivity contribution in [2.24, 2.45) is 0 Å². The van der Waals surface area contributed by atoms with Crippen LogP contribution in [0.15, 0.2) is 48.5 Å². The minimum atomic E-state index is -0.491. The second-order valence-electron chi connectivity index (χ2n) is 5.35. The zero-order valence-corrected chi connectivity index (χ0v) is 13.8. The van der Waals surface area contributed by atoms with Crippen molar-refractivity contribution in [1.29, 1.82) is 0 Å². The zero-order chi connectivity index (χ0) is 16.7. The number of aryl methyl sites for hydroxylation is 1. The van der Waals surface area contributed by atoms with Crippen molar-refractivity contribution in [3.05, 3.63) is 59.7 Å². The van der Waals surface area contributed by atoms with Crippen molar-refractivity contribution >= 4 is 5.91 Å². The summed E-state index contributed by atoms with van der Waals surface area (Å²) in [6.07, 6.45) is 0.123. The Labute approximate surface area is 137 Å². The molecule has 1 amide bonds. The summed E-state index contributed by atoms with van der Waals surface area (Å²) in [6.45, 7) is 4.38. The number of hydrogen-bond acceptors (Lipinski definition) is 3. The Hall–Kier alpha value is -2.49. The number of rotatable bonds is 7.